The van der Waals surface area contributed by atoms with Gasteiger partial charge in [0.25, 0.3) is 5.56 Å². The number of aromatic nitrogens is 1. The molecule has 2 rings (SSSR count). The van der Waals surface area contributed by atoms with Crippen LogP contribution in [0.1, 0.15) is 12.5 Å². The minimum atomic E-state index is -0.532. The number of rotatable bonds is 4. The second-order valence-corrected chi connectivity index (χ2v) is 4.88. The number of nitriles is 1. The van der Waals surface area contributed by atoms with E-state index in [1.54, 1.807) is 37.3 Å². The first-order valence-corrected chi connectivity index (χ1v) is 7.00. The average Bonchev–Trinajstić information content (AvgIpc) is 2.50. The number of nitrogens with zero attached hydrogens (tertiary/aromatic N) is 2. The van der Waals surface area contributed by atoms with E-state index >= 15 is 0 Å². The Balaban J connectivity index is 2.56. The fourth-order valence-corrected chi connectivity index (χ4v) is 2.15. The Morgan fingerprint density at radius 1 is 1.27 bits per heavy atom. The number of hydrogen-bond acceptors (Lipinski definition) is 4. The van der Waals surface area contributed by atoms with Gasteiger partial charge in [-0.1, -0.05) is 23.7 Å². The van der Waals surface area contributed by atoms with Crippen LogP contribution in [0.25, 0.3) is 11.3 Å². The van der Waals surface area contributed by atoms with Gasteiger partial charge < -0.3 is 4.74 Å². The molecule has 2 aromatic rings. The number of halogens is 1. The van der Waals surface area contributed by atoms with Crippen LogP contribution < -0.4 is 5.56 Å². The summed E-state index contributed by atoms with van der Waals surface area (Å²) in [6.45, 7) is 1.66. The molecule has 0 bridgehead atoms. The van der Waals surface area contributed by atoms with Crippen molar-refractivity contribution in [1.29, 1.82) is 5.26 Å². The van der Waals surface area contributed by atoms with E-state index in [9.17, 15) is 9.59 Å². The molecule has 0 saturated heterocycles. The van der Waals surface area contributed by atoms with Gasteiger partial charge in [0.15, 0.2) is 0 Å². The molecule has 0 fully saturated rings. The maximum Gasteiger partial charge on any atom is 0.326 e. The third kappa shape index (κ3) is 3.35. The smallest absolute Gasteiger partial charge is 0.326 e. The Hall–Kier alpha value is -2.58. The molecule has 1 heterocycles. The summed E-state index contributed by atoms with van der Waals surface area (Å²) in [4.78, 5) is 24.0. The average molecular weight is 317 g/mol. The Labute approximate surface area is 132 Å². The lowest BCUT2D eigenvalue weighted by molar-refractivity contribution is -0.143. The van der Waals surface area contributed by atoms with Crippen molar-refractivity contribution in [2.24, 2.45) is 0 Å². The lowest BCUT2D eigenvalue weighted by Gasteiger charge is -2.13. The van der Waals surface area contributed by atoms with Crippen molar-refractivity contribution in [2.45, 2.75) is 13.5 Å². The molecule has 0 aliphatic carbocycles. The van der Waals surface area contributed by atoms with Crippen LogP contribution in [0.5, 0.6) is 0 Å². The highest BCUT2D eigenvalue weighted by Gasteiger charge is 2.14. The summed E-state index contributed by atoms with van der Waals surface area (Å²) in [5.74, 6) is -0.532. The standard InChI is InChI=1S/C16H13ClN2O3/c1-2-22-15(20)10-19-14(8-5-12(9-18)16(19)21)11-3-6-13(17)7-4-11/h3-8H,2,10H2,1H3. The maximum atomic E-state index is 12.3. The number of hydrogen-bond donors (Lipinski definition) is 0. The summed E-state index contributed by atoms with van der Waals surface area (Å²) in [6.07, 6.45) is 0. The van der Waals surface area contributed by atoms with Gasteiger partial charge in [-0.05, 0) is 36.8 Å². The Kier molecular flexibility index (Phi) is 4.97. The zero-order valence-electron chi connectivity index (χ0n) is 11.9. The quantitative estimate of drug-likeness (QED) is 0.813. The van der Waals surface area contributed by atoms with Gasteiger partial charge in [0.2, 0.25) is 0 Å². The van der Waals surface area contributed by atoms with E-state index in [0.29, 0.717) is 10.7 Å². The van der Waals surface area contributed by atoms with Gasteiger partial charge in [-0.15, -0.1) is 0 Å². The summed E-state index contributed by atoms with van der Waals surface area (Å²) in [6, 6.07) is 11.7. The normalized spacial score (nSPS) is 10.0. The molecular formula is C16H13ClN2O3. The molecule has 0 amide bonds. The van der Waals surface area contributed by atoms with Crippen LogP contribution >= 0.6 is 11.6 Å². The summed E-state index contributed by atoms with van der Waals surface area (Å²) >= 11 is 5.86. The van der Waals surface area contributed by atoms with E-state index in [2.05, 4.69) is 0 Å². The van der Waals surface area contributed by atoms with Crippen molar-refractivity contribution in [3.05, 3.63) is 57.3 Å². The monoisotopic (exact) mass is 316 g/mol. The zero-order valence-corrected chi connectivity index (χ0v) is 12.6. The summed E-state index contributed by atoms with van der Waals surface area (Å²) in [5, 5.41) is 9.55. The molecule has 0 spiro atoms. The number of pyridine rings is 1. The van der Waals surface area contributed by atoms with Crippen LogP contribution in [-0.4, -0.2) is 17.1 Å². The number of esters is 1. The molecule has 112 valence electrons. The van der Waals surface area contributed by atoms with Crippen molar-refractivity contribution in [3.8, 4) is 17.3 Å². The minimum Gasteiger partial charge on any atom is -0.465 e. The van der Waals surface area contributed by atoms with E-state index in [-0.39, 0.29) is 18.7 Å². The number of benzene rings is 1. The Morgan fingerprint density at radius 3 is 2.55 bits per heavy atom. The van der Waals surface area contributed by atoms with Crippen LogP contribution in [-0.2, 0) is 16.1 Å². The summed E-state index contributed by atoms with van der Waals surface area (Å²) in [5.41, 5.74) is 0.689. The Bertz CT molecular complexity index is 789. The Morgan fingerprint density at radius 2 is 1.95 bits per heavy atom. The lowest BCUT2D eigenvalue weighted by atomic mass is 10.1. The first kappa shape index (κ1) is 15.8. The summed E-state index contributed by atoms with van der Waals surface area (Å²) < 4.78 is 6.12. The molecule has 0 aliphatic heterocycles. The highest BCUT2D eigenvalue weighted by molar-refractivity contribution is 6.30. The van der Waals surface area contributed by atoms with Crippen LogP contribution in [0.15, 0.2) is 41.2 Å². The summed E-state index contributed by atoms with van der Waals surface area (Å²) in [7, 11) is 0. The van der Waals surface area contributed by atoms with E-state index < -0.39 is 11.5 Å². The highest BCUT2D eigenvalue weighted by atomic mass is 35.5. The fraction of sp³-hybridized carbons (Fsp3) is 0.188. The van der Waals surface area contributed by atoms with Gasteiger partial charge in [0.05, 0.1) is 12.3 Å². The predicted molar refractivity (Wildman–Crippen MR) is 82.5 cm³/mol. The first-order chi connectivity index (χ1) is 10.6. The van der Waals surface area contributed by atoms with Crippen molar-refractivity contribution < 1.29 is 9.53 Å². The minimum absolute atomic E-state index is 0.0259. The maximum absolute atomic E-state index is 12.3. The van der Waals surface area contributed by atoms with Gasteiger partial charge in [0, 0.05) is 5.02 Å². The van der Waals surface area contributed by atoms with Gasteiger partial charge >= 0.3 is 5.97 Å². The van der Waals surface area contributed by atoms with E-state index in [0.717, 1.165) is 5.56 Å². The largest absolute Gasteiger partial charge is 0.465 e. The van der Waals surface area contributed by atoms with Gasteiger partial charge in [-0.3, -0.25) is 14.2 Å². The third-order valence-electron chi connectivity index (χ3n) is 3.03. The molecule has 0 radical (unpaired) electrons. The van der Waals surface area contributed by atoms with Gasteiger partial charge in [-0.25, -0.2) is 0 Å². The van der Waals surface area contributed by atoms with Crippen molar-refractivity contribution in [1.82, 2.24) is 4.57 Å². The molecule has 1 aromatic carbocycles. The van der Waals surface area contributed by atoms with Gasteiger partial charge in [-0.2, -0.15) is 5.26 Å². The lowest BCUT2D eigenvalue weighted by Crippen LogP contribution is -2.28. The van der Waals surface area contributed by atoms with Crippen molar-refractivity contribution in [2.75, 3.05) is 6.61 Å². The number of carbonyl (C=O) groups is 1. The molecule has 1 aromatic heterocycles. The first-order valence-electron chi connectivity index (χ1n) is 6.62. The molecular weight excluding hydrogens is 304 g/mol. The second-order valence-electron chi connectivity index (χ2n) is 4.45. The predicted octanol–water partition coefficient (Wildman–Crippen LogP) is 2.60. The topological polar surface area (TPSA) is 72.1 Å². The molecule has 0 saturated carbocycles. The second kappa shape index (κ2) is 6.92. The van der Waals surface area contributed by atoms with Crippen LogP contribution in [0.4, 0.5) is 0 Å². The van der Waals surface area contributed by atoms with Crippen molar-refractivity contribution in [3.63, 3.8) is 0 Å². The fourth-order valence-electron chi connectivity index (χ4n) is 2.03. The van der Waals surface area contributed by atoms with Crippen molar-refractivity contribution >= 4 is 17.6 Å². The molecule has 22 heavy (non-hydrogen) atoms. The molecule has 0 aliphatic rings. The van der Waals surface area contributed by atoms with E-state index in [4.69, 9.17) is 21.6 Å². The van der Waals surface area contributed by atoms with Crippen LogP contribution in [0.2, 0.25) is 5.02 Å². The van der Waals surface area contributed by atoms with E-state index in [1.807, 2.05) is 6.07 Å². The SMILES string of the molecule is CCOC(=O)Cn1c(-c2ccc(Cl)cc2)ccc(C#N)c1=O. The number of carbonyl (C=O) groups excluding carboxylic acids is 1. The van der Waals surface area contributed by atoms with Crippen LogP contribution in [0, 0.1) is 11.3 Å². The molecule has 6 heteroatoms. The van der Waals surface area contributed by atoms with E-state index in [1.165, 1.54) is 10.6 Å². The molecule has 5 nitrogen and oxygen atoms in total. The van der Waals surface area contributed by atoms with Crippen LogP contribution in [0.3, 0.4) is 0 Å². The highest BCUT2D eigenvalue weighted by Crippen LogP contribution is 2.21. The number of ether oxygens (including phenoxy) is 1. The zero-order chi connectivity index (χ0) is 16.1. The third-order valence-corrected chi connectivity index (χ3v) is 3.28. The molecule has 0 N–H and O–H groups in total. The van der Waals surface area contributed by atoms with Gasteiger partial charge in [0.1, 0.15) is 18.2 Å². The molecule has 0 atom stereocenters. The molecule has 0 unspecified atom stereocenters.